The molecule has 1 aliphatic carbocycles. The van der Waals surface area contributed by atoms with Crippen LogP contribution in [0.15, 0.2) is 42.5 Å². The van der Waals surface area contributed by atoms with E-state index in [0.717, 1.165) is 24.1 Å². The number of para-hydroxylation sites is 1. The van der Waals surface area contributed by atoms with Crippen molar-refractivity contribution in [1.29, 1.82) is 0 Å². The monoisotopic (exact) mass is 352 g/mol. The molecule has 0 spiro atoms. The fourth-order valence-electron chi connectivity index (χ4n) is 2.63. The molecular weight excluding hydrogens is 328 g/mol. The van der Waals surface area contributed by atoms with E-state index in [1.165, 1.54) is 5.56 Å². The van der Waals surface area contributed by atoms with Crippen molar-refractivity contribution in [3.63, 3.8) is 0 Å². The van der Waals surface area contributed by atoms with Crippen molar-refractivity contribution >= 4 is 23.3 Å². The van der Waals surface area contributed by atoms with E-state index in [9.17, 15) is 9.59 Å². The Hall–Kier alpha value is -2.82. The van der Waals surface area contributed by atoms with Gasteiger partial charge in [-0.25, -0.2) is 4.79 Å². The molecule has 1 aliphatic rings. The van der Waals surface area contributed by atoms with Gasteiger partial charge in [-0.2, -0.15) is 0 Å². The highest BCUT2D eigenvalue weighted by atomic mass is 16.5. The highest BCUT2D eigenvalue weighted by molar-refractivity contribution is 5.98. The topological polar surface area (TPSA) is 67.4 Å². The maximum absolute atomic E-state index is 12.6. The molecule has 136 valence electrons. The molecule has 2 aromatic rings. The predicted octanol–water partition coefficient (Wildman–Crippen LogP) is 3.87. The Morgan fingerprint density at radius 2 is 1.73 bits per heavy atom. The molecule has 1 amide bonds. The van der Waals surface area contributed by atoms with Crippen molar-refractivity contribution in [2.45, 2.75) is 45.8 Å². The third kappa shape index (κ3) is 4.23. The number of aryl methyl sites for hydroxylation is 1. The summed E-state index contributed by atoms with van der Waals surface area (Å²) in [6.45, 7) is 5.67. The Labute approximate surface area is 153 Å². The highest BCUT2D eigenvalue weighted by Gasteiger charge is 2.27. The maximum atomic E-state index is 12.6. The second kappa shape index (κ2) is 7.60. The van der Waals surface area contributed by atoms with Gasteiger partial charge in [0.2, 0.25) is 0 Å². The lowest BCUT2D eigenvalue weighted by Crippen LogP contribution is -2.37. The SMILES string of the molecule is Cc1cccc(Nc2ccccc2C(=O)O[C@@H](C)C(=O)NC2CC2)c1C. The molecule has 0 aromatic heterocycles. The van der Waals surface area contributed by atoms with Crippen molar-refractivity contribution in [1.82, 2.24) is 5.32 Å². The molecular formula is C21H24N2O3. The molecule has 2 N–H and O–H groups in total. The van der Waals surface area contributed by atoms with Crippen LogP contribution in [-0.4, -0.2) is 24.0 Å². The molecule has 1 saturated carbocycles. The molecule has 1 atom stereocenters. The molecule has 5 heteroatoms. The Balaban J connectivity index is 1.74. The summed E-state index contributed by atoms with van der Waals surface area (Å²) < 4.78 is 5.37. The summed E-state index contributed by atoms with van der Waals surface area (Å²) in [5, 5.41) is 6.15. The predicted molar refractivity (Wildman–Crippen MR) is 102 cm³/mol. The van der Waals surface area contributed by atoms with Crippen LogP contribution in [-0.2, 0) is 9.53 Å². The van der Waals surface area contributed by atoms with Gasteiger partial charge in [0.1, 0.15) is 0 Å². The van der Waals surface area contributed by atoms with E-state index >= 15 is 0 Å². The zero-order chi connectivity index (χ0) is 18.7. The van der Waals surface area contributed by atoms with E-state index in [0.29, 0.717) is 11.3 Å². The average Bonchev–Trinajstić information content (AvgIpc) is 3.43. The lowest BCUT2D eigenvalue weighted by atomic mass is 10.1. The second-order valence-electron chi connectivity index (χ2n) is 6.75. The highest BCUT2D eigenvalue weighted by Crippen LogP contribution is 2.26. The molecule has 1 fully saturated rings. The third-order valence-electron chi connectivity index (χ3n) is 4.60. The standard InChI is InChI=1S/C21H24N2O3/c1-13-7-6-10-18(14(13)2)23-19-9-5-4-8-17(19)21(25)26-15(3)20(24)22-16-11-12-16/h4-10,15-16,23H,11-12H2,1-3H3,(H,22,24)/t15-/m0/s1. The van der Waals surface area contributed by atoms with Gasteiger partial charge >= 0.3 is 5.97 Å². The minimum absolute atomic E-state index is 0.238. The summed E-state index contributed by atoms with van der Waals surface area (Å²) >= 11 is 0. The van der Waals surface area contributed by atoms with Crippen molar-refractivity contribution < 1.29 is 14.3 Å². The lowest BCUT2D eigenvalue weighted by molar-refractivity contribution is -0.129. The van der Waals surface area contributed by atoms with Crippen LogP contribution in [0.1, 0.15) is 41.3 Å². The number of esters is 1. The largest absolute Gasteiger partial charge is 0.449 e. The van der Waals surface area contributed by atoms with Crippen molar-refractivity contribution in [2.75, 3.05) is 5.32 Å². The third-order valence-corrected chi connectivity index (χ3v) is 4.60. The Bertz CT molecular complexity index is 828. The maximum Gasteiger partial charge on any atom is 0.341 e. The first-order valence-electron chi connectivity index (χ1n) is 8.89. The van der Waals surface area contributed by atoms with Crippen LogP contribution in [0.4, 0.5) is 11.4 Å². The Morgan fingerprint density at radius 3 is 2.46 bits per heavy atom. The Kier molecular flexibility index (Phi) is 5.26. The van der Waals surface area contributed by atoms with Crippen LogP contribution in [0.2, 0.25) is 0 Å². The quantitative estimate of drug-likeness (QED) is 0.775. The van der Waals surface area contributed by atoms with Crippen LogP contribution in [0.25, 0.3) is 0 Å². The van der Waals surface area contributed by atoms with Crippen molar-refractivity contribution in [2.24, 2.45) is 0 Å². The van der Waals surface area contributed by atoms with Gasteiger partial charge < -0.3 is 15.4 Å². The number of rotatable bonds is 6. The van der Waals surface area contributed by atoms with Gasteiger partial charge in [-0.05, 0) is 62.9 Å². The number of carbonyl (C=O) groups excluding carboxylic acids is 2. The number of nitrogens with one attached hydrogen (secondary N) is 2. The van der Waals surface area contributed by atoms with Crippen LogP contribution >= 0.6 is 0 Å². The van der Waals surface area contributed by atoms with Gasteiger partial charge in [-0.3, -0.25) is 4.79 Å². The minimum atomic E-state index is -0.822. The summed E-state index contributed by atoms with van der Waals surface area (Å²) in [5.41, 5.74) is 4.28. The first-order chi connectivity index (χ1) is 12.5. The molecule has 26 heavy (non-hydrogen) atoms. The number of hydrogen-bond acceptors (Lipinski definition) is 4. The van der Waals surface area contributed by atoms with Crippen molar-refractivity contribution in [3.8, 4) is 0 Å². The zero-order valence-electron chi connectivity index (χ0n) is 15.3. The smallest absolute Gasteiger partial charge is 0.341 e. The molecule has 0 heterocycles. The molecule has 0 radical (unpaired) electrons. The van der Waals surface area contributed by atoms with Gasteiger partial charge in [0.15, 0.2) is 6.10 Å². The van der Waals surface area contributed by atoms with E-state index < -0.39 is 12.1 Å². The molecule has 0 aliphatic heterocycles. The van der Waals surface area contributed by atoms with Crippen molar-refractivity contribution in [3.05, 3.63) is 59.2 Å². The molecule has 0 bridgehead atoms. The number of hydrogen-bond donors (Lipinski definition) is 2. The van der Waals surface area contributed by atoms with E-state index in [2.05, 4.69) is 10.6 Å². The van der Waals surface area contributed by atoms with E-state index in [4.69, 9.17) is 4.74 Å². The fraction of sp³-hybridized carbons (Fsp3) is 0.333. The lowest BCUT2D eigenvalue weighted by Gasteiger charge is -2.17. The minimum Gasteiger partial charge on any atom is -0.449 e. The number of anilines is 2. The summed E-state index contributed by atoms with van der Waals surface area (Å²) in [4.78, 5) is 24.6. The average molecular weight is 352 g/mol. The van der Waals surface area contributed by atoms with Crippen LogP contribution < -0.4 is 10.6 Å². The summed E-state index contributed by atoms with van der Waals surface area (Å²) in [6, 6.07) is 13.4. The second-order valence-corrected chi connectivity index (χ2v) is 6.75. The van der Waals surface area contributed by atoms with E-state index in [-0.39, 0.29) is 11.9 Å². The molecule has 0 saturated heterocycles. The number of amides is 1. The van der Waals surface area contributed by atoms with E-state index in [1.807, 2.05) is 44.2 Å². The first-order valence-corrected chi connectivity index (χ1v) is 8.89. The van der Waals surface area contributed by atoms with Gasteiger partial charge in [-0.15, -0.1) is 0 Å². The normalized spacial score (nSPS) is 14.4. The van der Waals surface area contributed by atoms with Gasteiger partial charge in [-0.1, -0.05) is 24.3 Å². The number of carbonyl (C=O) groups is 2. The number of benzene rings is 2. The van der Waals surface area contributed by atoms with E-state index in [1.54, 1.807) is 19.1 Å². The summed E-state index contributed by atoms with van der Waals surface area (Å²) in [7, 11) is 0. The van der Waals surface area contributed by atoms with Gasteiger partial charge in [0.25, 0.3) is 5.91 Å². The van der Waals surface area contributed by atoms with Gasteiger partial charge in [0, 0.05) is 11.7 Å². The Morgan fingerprint density at radius 1 is 1.04 bits per heavy atom. The van der Waals surface area contributed by atoms with Crippen LogP contribution in [0.5, 0.6) is 0 Å². The first kappa shape index (κ1) is 18.0. The zero-order valence-corrected chi connectivity index (χ0v) is 15.3. The summed E-state index contributed by atoms with van der Waals surface area (Å²) in [5.74, 6) is -0.766. The van der Waals surface area contributed by atoms with Gasteiger partial charge in [0.05, 0.1) is 11.3 Å². The molecule has 3 rings (SSSR count). The number of ether oxygens (including phenoxy) is 1. The molecule has 5 nitrogen and oxygen atoms in total. The van der Waals surface area contributed by atoms with Crippen LogP contribution in [0.3, 0.4) is 0 Å². The van der Waals surface area contributed by atoms with Crippen LogP contribution in [0, 0.1) is 13.8 Å². The molecule has 0 unspecified atom stereocenters. The summed E-state index contributed by atoms with van der Waals surface area (Å²) in [6.07, 6.45) is 1.17. The molecule has 2 aromatic carbocycles. The fourth-order valence-corrected chi connectivity index (χ4v) is 2.63.